The summed E-state index contributed by atoms with van der Waals surface area (Å²) in [5.41, 5.74) is 0.643. The molecular weight excluding hydrogens is 448 g/mol. The number of halogens is 2. The van der Waals surface area contributed by atoms with Crippen molar-refractivity contribution >= 4 is 44.5 Å². The molecule has 0 amide bonds. The minimum atomic E-state index is -0.563. The van der Waals surface area contributed by atoms with Crippen LogP contribution in [0.4, 0.5) is 0 Å². The van der Waals surface area contributed by atoms with Gasteiger partial charge >= 0.3 is 5.97 Å². The van der Waals surface area contributed by atoms with Gasteiger partial charge in [0.15, 0.2) is 11.3 Å². The van der Waals surface area contributed by atoms with E-state index in [4.69, 9.17) is 25.5 Å². The molecule has 0 atom stereocenters. The molecule has 0 aliphatic heterocycles. The molecule has 1 aromatic heterocycles. The lowest BCUT2D eigenvalue weighted by Crippen LogP contribution is -2.13. The lowest BCUT2D eigenvalue weighted by molar-refractivity contribution is 0.0527. The Balaban J connectivity index is 2.30. The third kappa shape index (κ3) is 4.23. The molecule has 0 fully saturated rings. The van der Waals surface area contributed by atoms with Gasteiger partial charge in [0.2, 0.25) is 11.2 Å². The maximum atomic E-state index is 13.2. The monoisotopic (exact) mass is 464 g/mol. The molecule has 3 rings (SSSR count). The highest BCUT2D eigenvalue weighted by atomic mass is 79.9. The highest BCUT2D eigenvalue weighted by Gasteiger charge is 2.23. The molecule has 0 aliphatic carbocycles. The summed E-state index contributed by atoms with van der Waals surface area (Å²) in [7, 11) is 0. The number of carbonyl (C=O) groups is 1. The first kappa shape index (κ1) is 20.4. The lowest BCUT2D eigenvalue weighted by atomic mass is 10.1. The van der Waals surface area contributed by atoms with E-state index >= 15 is 0 Å². The topological polar surface area (TPSA) is 65.7 Å². The molecule has 146 valence electrons. The fourth-order valence-corrected chi connectivity index (χ4v) is 3.31. The first-order valence-electron chi connectivity index (χ1n) is 8.78. The second-order valence-electron chi connectivity index (χ2n) is 5.90. The van der Waals surface area contributed by atoms with Crippen LogP contribution in [0.3, 0.4) is 0 Å². The highest BCUT2D eigenvalue weighted by Crippen LogP contribution is 2.33. The standard InChI is InChI=1S/C21H18BrClO5/c1-2-26-21(25)16-12-14(22)11-15-17(24)20(27-10-6-9-23)18(28-19(15)16)13-7-4-3-5-8-13/h3-5,7-8,11-12H,2,6,9-10H2,1H3. The summed E-state index contributed by atoms with van der Waals surface area (Å²) in [5, 5.41) is 0.234. The summed E-state index contributed by atoms with van der Waals surface area (Å²) in [4.78, 5) is 25.6. The molecule has 0 bridgehead atoms. The smallest absolute Gasteiger partial charge is 0.341 e. The molecule has 0 saturated heterocycles. The summed E-state index contributed by atoms with van der Waals surface area (Å²) in [5.74, 6) is 0.210. The number of hydrogen-bond acceptors (Lipinski definition) is 5. The van der Waals surface area contributed by atoms with Crippen LogP contribution in [0, 0.1) is 0 Å². The summed E-state index contributed by atoms with van der Waals surface area (Å²) in [6.07, 6.45) is 0.583. The predicted octanol–water partition coefficient (Wildman–Crippen LogP) is 5.41. The van der Waals surface area contributed by atoms with Crippen molar-refractivity contribution < 1.29 is 18.7 Å². The largest absolute Gasteiger partial charge is 0.486 e. The minimum Gasteiger partial charge on any atom is -0.486 e. The molecule has 0 saturated carbocycles. The van der Waals surface area contributed by atoms with Gasteiger partial charge in [0.1, 0.15) is 5.56 Å². The van der Waals surface area contributed by atoms with Crippen LogP contribution in [0.1, 0.15) is 23.7 Å². The van der Waals surface area contributed by atoms with Crippen molar-refractivity contribution in [1.29, 1.82) is 0 Å². The van der Waals surface area contributed by atoms with E-state index in [0.29, 0.717) is 22.3 Å². The van der Waals surface area contributed by atoms with Crippen molar-refractivity contribution in [2.45, 2.75) is 13.3 Å². The molecule has 28 heavy (non-hydrogen) atoms. The van der Waals surface area contributed by atoms with Crippen LogP contribution < -0.4 is 10.2 Å². The van der Waals surface area contributed by atoms with Gasteiger partial charge in [-0.2, -0.15) is 0 Å². The van der Waals surface area contributed by atoms with Crippen molar-refractivity contribution in [1.82, 2.24) is 0 Å². The molecule has 0 N–H and O–H groups in total. The number of rotatable bonds is 7. The SMILES string of the molecule is CCOC(=O)c1cc(Br)cc2c(=O)c(OCCCCl)c(-c3ccccc3)oc12. The number of esters is 1. The van der Waals surface area contributed by atoms with E-state index in [0.717, 1.165) is 0 Å². The first-order chi connectivity index (χ1) is 13.6. The summed E-state index contributed by atoms with van der Waals surface area (Å²) < 4.78 is 17.5. The molecule has 7 heteroatoms. The average molecular weight is 466 g/mol. The highest BCUT2D eigenvalue weighted by molar-refractivity contribution is 9.10. The van der Waals surface area contributed by atoms with Gasteiger partial charge in [-0.3, -0.25) is 4.79 Å². The molecule has 5 nitrogen and oxygen atoms in total. The normalized spacial score (nSPS) is 10.8. The Morgan fingerprint density at radius 3 is 2.64 bits per heavy atom. The molecule has 0 aliphatic rings. The zero-order chi connectivity index (χ0) is 20.1. The van der Waals surface area contributed by atoms with E-state index in [1.54, 1.807) is 31.2 Å². The van der Waals surface area contributed by atoms with Crippen LogP contribution in [0.2, 0.25) is 0 Å². The van der Waals surface area contributed by atoms with Crippen LogP contribution in [-0.2, 0) is 4.74 Å². The first-order valence-corrected chi connectivity index (χ1v) is 10.1. The Labute approximate surface area is 175 Å². The number of carbonyl (C=O) groups excluding carboxylic acids is 1. The van der Waals surface area contributed by atoms with Gasteiger partial charge in [0.05, 0.1) is 18.6 Å². The van der Waals surface area contributed by atoms with E-state index < -0.39 is 5.97 Å². The molecule has 0 spiro atoms. The summed E-state index contributed by atoms with van der Waals surface area (Å²) in [6, 6.07) is 12.3. The minimum absolute atomic E-state index is 0.0942. The second-order valence-corrected chi connectivity index (χ2v) is 7.19. The maximum absolute atomic E-state index is 13.2. The van der Waals surface area contributed by atoms with Gasteiger partial charge in [-0.1, -0.05) is 46.3 Å². The maximum Gasteiger partial charge on any atom is 0.341 e. The van der Waals surface area contributed by atoms with Gasteiger partial charge in [-0.15, -0.1) is 11.6 Å². The van der Waals surface area contributed by atoms with Gasteiger partial charge in [0.25, 0.3) is 0 Å². The van der Waals surface area contributed by atoms with Crippen molar-refractivity contribution in [3.8, 4) is 17.1 Å². The number of alkyl halides is 1. The van der Waals surface area contributed by atoms with Crippen molar-refractivity contribution in [2.24, 2.45) is 0 Å². The fraction of sp³-hybridized carbons (Fsp3) is 0.238. The molecule has 2 aromatic carbocycles. The van der Waals surface area contributed by atoms with Crippen LogP contribution in [0.5, 0.6) is 5.75 Å². The van der Waals surface area contributed by atoms with E-state index in [-0.39, 0.29) is 46.7 Å². The van der Waals surface area contributed by atoms with Gasteiger partial charge in [0, 0.05) is 15.9 Å². The van der Waals surface area contributed by atoms with Crippen LogP contribution in [0.15, 0.2) is 56.1 Å². The van der Waals surface area contributed by atoms with Crippen molar-refractivity contribution in [3.63, 3.8) is 0 Å². The molecule has 0 radical (unpaired) electrons. The Bertz CT molecular complexity index is 1050. The molecule has 0 unspecified atom stereocenters. The number of fused-ring (bicyclic) bond motifs is 1. The van der Waals surface area contributed by atoms with E-state index in [1.165, 1.54) is 0 Å². The number of hydrogen-bond donors (Lipinski definition) is 0. The molecule has 1 heterocycles. The van der Waals surface area contributed by atoms with Gasteiger partial charge < -0.3 is 13.9 Å². The van der Waals surface area contributed by atoms with E-state index in [2.05, 4.69) is 15.9 Å². The number of benzene rings is 2. The quantitative estimate of drug-likeness (QED) is 0.265. The Morgan fingerprint density at radius 2 is 1.96 bits per heavy atom. The summed E-state index contributed by atoms with van der Waals surface area (Å²) >= 11 is 9.07. The van der Waals surface area contributed by atoms with Crippen LogP contribution in [0.25, 0.3) is 22.3 Å². The Morgan fingerprint density at radius 1 is 1.21 bits per heavy atom. The summed E-state index contributed by atoms with van der Waals surface area (Å²) in [6.45, 7) is 2.20. The lowest BCUT2D eigenvalue weighted by Gasteiger charge is -2.13. The van der Waals surface area contributed by atoms with Crippen LogP contribution in [-0.4, -0.2) is 25.1 Å². The van der Waals surface area contributed by atoms with E-state index in [1.807, 2.05) is 18.2 Å². The fourth-order valence-electron chi connectivity index (χ4n) is 2.75. The zero-order valence-corrected chi connectivity index (χ0v) is 17.5. The van der Waals surface area contributed by atoms with Crippen LogP contribution >= 0.6 is 27.5 Å². The van der Waals surface area contributed by atoms with E-state index in [9.17, 15) is 9.59 Å². The Hall–Kier alpha value is -2.31. The van der Waals surface area contributed by atoms with Crippen molar-refractivity contribution in [3.05, 3.63) is 62.7 Å². The van der Waals surface area contributed by atoms with Gasteiger partial charge in [-0.05, 0) is 25.5 Å². The third-order valence-corrected chi connectivity index (χ3v) is 4.70. The predicted molar refractivity (Wildman–Crippen MR) is 112 cm³/mol. The Kier molecular flexibility index (Phi) is 6.75. The third-order valence-electron chi connectivity index (χ3n) is 3.97. The van der Waals surface area contributed by atoms with Gasteiger partial charge in [-0.25, -0.2) is 4.79 Å². The van der Waals surface area contributed by atoms with Crippen molar-refractivity contribution in [2.75, 3.05) is 19.1 Å². The average Bonchev–Trinajstić information content (AvgIpc) is 2.70. The second kappa shape index (κ2) is 9.26. The number of ether oxygens (including phenoxy) is 2. The molecule has 3 aromatic rings. The molecular formula is C21H18BrClO5. The zero-order valence-electron chi connectivity index (χ0n) is 15.2.